The van der Waals surface area contributed by atoms with Crippen LogP contribution >= 0.6 is 27.3 Å². The molecule has 7 nitrogen and oxygen atoms in total. The van der Waals surface area contributed by atoms with Crippen molar-refractivity contribution in [2.45, 2.75) is 38.7 Å². The molecule has 0 bridgehead atoms. The van der Waals surface area contributed by atoms with E-state index < -0.39 is 18.2 Å². The predicted octanol–water partition coefficient (Wildman–Crippen LogP) is 4.12. The number of nitrogens with zero attached hydrogens (tertiary/aromatic N) is 3. The molecule has 152 valence electrons. The summed E-state index contributed by atoms with van der Waals surface area (Å²) in [5.74, 6) is -1.06. The van der Waals surface area contributed by atoms with Gasteiger partial charge in [-0.2, -0.15) is 5.10 Å². The number of primary amides is 1. The molecule has 0 atom stereocenters. The van der Waals surface area contributed by atoms with E-state index in [1.54, 1.807) is 13.1 Å². The lowest BCUT2D eigenvalue weighted by atomic mass is 10.0. The molecule has 3 aromatic rings. The molecule has 4 rings (SSSR count). The van der Waals surface area contributed by atoms with Crippen molar-refractivity contribution < 1.29 is 18.4 Å². The summed E-state index contributed by atoms with van der Waals surface area (Å²) in [6, 6.07) is 1.37. The third kappa shape index (κ3) is 3.88. The van der Waals surface area contributed by atoms with Crippen molar-refractivity contribution in [3.63, 3.8) is 0 Å². The number of hydrogen-bond donors (Lipinski definition) is 2. The molecule has 1 saturated carbocycles. The van der Waals surface area contributed by atoms with Crippen LogP contribution in [0, 0.1) is 6.92 Å². The molecule has 0 radical (unpaired) electrons. The van der Waals surface area contributed by atoms with Gasteiger partial charge in [0.1, 0.15) is 21.9 Å². The Labute approximate surface area is 176 Å². The number of thiophene rings is 1. The first-order valence-corrected chi connectivity index (χ1v) is 10.4. The van der Waals surface area contributed by atoms with Gasteiger partial charge in [-0.15, -0.1) is 11.3 Å². The molecule has 3 N–H and O–H groups in total. The van der Waals surface area contributed by atoms with Gasteiger partial charge in [0.25, 0.3) is 12.3 Å². The van der Waals surface area contributed by atoms with E-state index in [4.69, 9.17) is 5.73 Å². The highest BCUT2D eigenvalue weighted by atomic mass is 79.9. The van der Waals surface area contributed by atoms with Gasteiger partial charge in [-0.05, 0) is 53.2 Å². The van der Waals surface area contributed by atoms with Crippen LogP contribution in [0.3, 0.4) is 0 Å². The SMILES string of the molecule is Cc1nn(CC(=O)Nc2c(C(N)=O)sc3nc(C(F)F)cc(C4CC4)c23)cc1Br. The monoisotopic (exact) mass is 483 g/mol. The Morgan fingerprint density at radius 1 is 1.45 bits per heavy atom. The maximum Gasteiger partial charge on any atom is 0.280 e. The molecule has 11 heteroatoms. The maximum atomic E-state index is 13.3. The zero-order valence-corrected chi connectivity index (χ0v) is 17.6. The molecule has 0 aliphatic heterocycles. The van der Waals surface area contributed by atoms with Gasteiger partial charge in [0.15, 0.2) is 0 Å². The minimum Gasteiger partial charge on any atom is -0.365 e. The molecule has 1 fully saturated rings. The highest BCUT2D eigenvalue weighted by Crippen LogP contribution is 2.48. The normalized spacial score (nSPS) is 14.0. The molecule has 2 amide bonds. The van der Waals surface area contributed by atoms with Gasteiger partial charge in [-0.3, -0.25) is 14.3 Å². The van der Waals surface area contributed by atoms with E-state index >= 15 is 0 Å². The minimum absolute atomic E-state index is 0.0801. The zero-order valence-electron chi connectivity index (χ0n) is 15.2. The number of anilines is 1. The quantitative estimate of drug-likeness (QED) is 0.550. The Balaban J connectivity index is 1.76. The summed E-state index contributed by atoms with van der Waals surface area (Å²) in [4.78, 5) is 29.0. The van der Waals surface area contributed by atoms with E-state index in [9.17, 15) is 18.4 Å². The Morgan fingerprint density at radius 3 is 2.72 bits per heavy atom. The van der Waals surface area contributed by atoms with Crippen LogP contribution in [0.5, 0.6) is 0 Å². The average Bonchev–Trinajstić information content (AvgIpc) is 3.36. The third-order valence-corrected chi connectivity index (χ3v) is 6.51. The average molecular weight is 484 g/mol. The molecule has 0 unspecified atom stereocenters. The molecular weight excluding hydrogens is 468 g/mol. The van der Waals surface area contributed by atoms with Crippen LogP contribution < -0.4 is 11.1 Å². The largest absolute Gasteiger partial charge is 0.365 e. The van der Waals surface area contributed by atoms with E-state index in [1.165, 1.54) is 10.7 Å². The molecule has 29 heavy (non-hydrogen) atoms. The number of pyridine rings is 1. The Kier molecular flexibility index (Phi) is 5.11. The fourth-order valence-corrected chi connectivity index (χ4v) is 4.51. The van der Waals surface area contributed by atoms with Gasteiger partial charge < -0.3 is 11.1 Å². The number of aryl methyl sites for hydroxylation is 1. The van der Waals surface area contributed by atoms with Gasteiger partial charge >= 0.3 is 0 Å². The summed E-state index contributed by atoms with van der Waals surface area (Å²) in [5.41, 5.74) is 6.79. The molecule has 3 aromatic heterocycles. The second-order valence-corrected chi connectivity index (χ2v) is 8.72. The number of halogens is 3. The highest BCUT2D eigenvalue weighted by Gasteiger charge is 2.31. The first-order valence-electron chi connectivity index (χ1n) is 8.79. The van der Waals surface area contributed by atoms with Crippen LogP contribution in [-0.4, -0.2) is 26.6 Å². The summed E-state index contributed by atoms with van der Waals surface area (Å²) in [6.45, 7) is 1.72. The zero-order chi connectivity index (χ0) is 20.9. The molecule has 1 aliphatic rings. The number of hydrogen-bond acceptors (Lipinski definition) is 5. The predicted molar refractivity (Wildman–Crippen MR) is 108 cm³/mol. The molecule has 3 heterocycles. The topological polar surface area (TPSA) is 103 Å². The standard InChI is InChI=1S/C18H16BrF2N5O2S/c1-7-10(19)5-26(25-7)6-12(27)24-14-13-9(8-2-3-8)4-11(16(20)21)23-18(13)29-15(14)17(22)28/h4-5,8,16H,2-3,6H2,1H3,(H2,22,28)(H,24,27). The number of carbonyl (C=O) groups excluding carboxylic acids is 2. The van der Waals surface area contributed by atoms with Gasteiger partial charge in [-0.25, -0.2) is 13.8 Å². The molecule has 0 saturated heterocycles. The van der Waals surface area contributed by atoms with Crippen LogP contribution in [0.15, 0.2) is 16.7 Å². The molecule has 0 aromatic carbocycles. The van der Waals surface area contributed by atoms with E-state index in [1.807, 2.05) is 0 Å². The van der Waals surface area contributed by atoms with E-state index in [2.05, 4.69) is 31.3 Å². The van der Waals surface area contributed by atoms with E-state index in [-0.39, 0.29) is 33.6 Å². The Bertz CT molecular complexity index is 1120. The number of nitrogens with two attached hydrogens (primary N) is 1. The molecule has 0 spiro atoms. The summed E-state index contributed by atoms with van der Waals surface area (Å²) in [5, 5.41) is 7.46. The highest BCUT2D eigenvalue weighted by molar-refractivity contribution is 9.10. The summed E-state index contributed by atoms with van der Waals surface area (Å²) in [7, 11) is 0. The van der Waals surface area contributed by atoms with Crippen molar-refractivity contribution in [1.82, 2.24) is 14.8 Å². The van der Waals surface area contributed by atoms with Crippen LogP contribution in [0.2, 0.25) is 0 Å². The number of nitrogens with one attached hydrogen (secondary N) is 1. The van der Waals surface area contributed by atoms with Crippen molar-refractivity contribution in [3.05, 3.63) is 38.6 Å². The van der Waals surface area contributed by atoms with E-state index in [0.29, 0.717) is 10.9 Å². The van der Waals surface area contributed by atoms with Gasteiger partial charge in [0, 0.05) is 11.6 Å². The van der Waals surface area contributed by atoms with Crippen molar-refractivity contribution in [3.8, 4) is 0 Å². The Morgan fingerprint density at radius 2 is 2.17 bits per heavy atom. The van der Waals surface area contributed by atoms with Crippen molar-refractivity contribution >= 4 is 55.0 Å². The first kappa shape index (κ1) is 19.9. The summed E-state index contributed by atoms with van der Waals surface area (Å²) in [6.07, 6.45) is 0.659. The van der Waals surface area contributed by atoms with Gasteiger partial charge in [0.05, 0.1) is 15.9 Å². The van der Waals surface area contributed by atoms with Crippen LogP contribution in [0.4, 0.5) is 14.5 Å². The van der Waals surface area contributed by atoms with Gasteiger partial charge in [0.2, 0.25) is 5.91 Å². The van der Waals surface area contributed by atoms with E-state index in [0.717, 1.165) is 34.3 Å². The fourth-order valence-electron chi connectivity index (χ4n) is 3.17. The second-order valence-electron chi connectivity index (χ2n) is 6.87. The second kappa shape index (κ2) is 7.45. The number of rotatable bonds is 6. The lowest BCUT2D eigenvalue weighted by Crippen LogP contribution is -2.21. The Hall–Kier alpha value is -2.40. The minimum atomic E-state index is -2.73. The number of carbonyl (C=O) groups is 2. The van der Waals surface area contributed by atoms with Crippen molar-refractivity contribution in [2.24, 2.45) is 5.73 Å². The first-order chi connectivity index (χ1) is 13.7. The lowest BCUT2D eigenvalue weighted by Gasteiger charge is -2.10. The van der Waals surface area contributed by atoms with Crippen LogP contribution in [0.1, 0.15) is 51.8 Å². The van der Waals surface area contributed by atoms with Gasteiger partial charge in [-0.1, -0.05) is 0 Å². The fraction of sp³-hybridized carbons (Fsp3) is 0.333. The third-order valence-electron chi connectivity index (χ3n) is 4.63. The smallest absolute Gasteiger partial charge is 0.280 e. The van der Waals surface area contributed by atoms with Crippen molar-refractivity contribution in [2.75, 3.05) is 5.32 Å². The van der Waals surface area contributed by atoms with Crippen LogP contribution in [0.25, 0.3) is 10.2 Å². The lowest BCUT2D eigenvalue weighted by molar-refractivity contribution is -0.116. The molecule has 1 aliphatic carbocycles. The van der Waals surface area contributed by atoms with Crippen LogP contribution in [-0.2, 0) is 11.3 Å². The maximum absolute atomic E-state index is 13.3. The summed E-state index contributed by atoms with van der Waals surface area (Å²) >= 11 is 4.25. The number of amides is 2. The number of fused-ring (bicyclic) bond motifs is 1. The number of alkyl halides is 2. The summed E-state index contributed by atoms with van der Waals surface area (Å²) < 4.78 is 28.8. The van der Waals surface area contributed by atoms with Crippen molar-refractivity contribution in [1.29, 1.82) is 0 Å². The number of aromatic nitrogens is 3. The molecular formula is C18H16BrF2N5O2S.